The molecule has 8 nitrogen and oxygen atoms in total. The normalized spacial score (nSPS) is 16.8. The van der Waals surface area contributed by atoms with E-state index in [0.717, 1.165) is 34.2 Å². The number of allylic oxidation sites excluding steroid dienone is 3. The minimum Gasteiger partial charge on any atom is -0.474 e. The molecule has 0 fully saturated rings. The molecule has 0 saturated carbocycles. The van der Waals surface area contributed by atoms with Crippen LogP contribution in [0.1, 0.15) is 31.1 Å². The topological polar surface area (TPSA) is 79.4 Å². The first kappa shape index (κ1) is 22.3. The molecule has 0 bridgehead atoms. The van der Waals surface area contributed by atoms with Gasteiger partial charge in [0, 0.05) is 17.2 Å². The zero-order valence-electron chi connectivity index (χ0n) is 19.1. The largest absolute Gasteiger partial charge is 0.474 e. The Hall–Kier alpha value is -3.49. The van der Waals surface area contributed by atoms with Gasteiger partial charge in [0.2, 0.25) is 5.90 Å². The molecule has 5 rings (SSSR count). The van der Waals surface area contributed by atoms with Crippen molar-refractivity contribution in [3.05, 3.63) is 83.2 Å². The van der Waals surface area contributed by atoms with E-state index in [0.29, 0.717) is 43.0 Å². The van der Waals surface area contributed by atoms with E-state index in [1.165, 1.54) is 0 Å². The van der Waals surface area contributed by atoms with Crippen LogP contribution < -0.4 is 0 Å². The van der Waals surface area contributed by atoms with E-state index < -0.39 is 0 Å². The summed E-state index contributed by atoms with van der Waals surface area (Å²) in [6.07, 6.45) is 9.63. The van der Waals surface area contributed by atoms with Gasteiger partial charge in [-0.3, -0.25) is 4.57 Å². The SMILES string of the molecule is C=C(/C=C\C=C/C)[C@@H]1COC(c2ncn3c2Cn2c(COCC)nnc2-c2cc(Cl)ccc2-3)=N1. The molecule has 0 spiro atoms. The number of aliphatic imine (C=N–C) groups is 1. The van der Waals surface area contributed by atoms with Gasteiger partial charge in [-0.2, -0.15) is 0 Å². The Morgan fingerprint density at radius 2 is 2.21 bits per heavy atom. The highest BCUT2D eigenvalue weighted by Gasteiger charge is 2.30. The molecule has 4 heterocycles. The second-order valence-electron chi connectivity index (χ2n) is 7.96. The van der Waals surface area contributed by atoms with Crippen LogP contribution in [0.5, 0.6) is 0 Å². The molecule has 9 heteroatoms. The van der Waals surface area contributed by atoms with Crippen molar-refractivity contribution >= 4 is 17.5 Å². The maximum absolute atomic E-state index is 6.35. The quantitative estimate of drug-likeness (QED) is 0.366. The lowest BCUT2D eigenvalue weighted by Crippen LogP contribution is -2.13. The number of halogens is 1. The van der Waals surface area contributed by atoms with Crippen LogP contribution in [-0.4, -0.2) is 49.5 Å². The lowest BCUT2D eigenvalue weighted by Gasteiger charge is -2.09. The number of rotatable bonds is 7. The van der Waals surface area contributed by atoms with Gasteiger partial charge in [-0.15, -0.1) is 10.2 Å². The van der Waals surface area contributed by atoms with Crippen LogP contribution in [0, 0.1) is 0 Å². The Morgan fingerprint density at radius 1 is 1.32 bits per heavy atom. The smallest absolute Gasteiger partial charge is 0.238 e. The second kappa shape index (κ2) is 9.40. The Balaban J connectivity index is 1.57. The van der Waals surface area contributed by atoms with Crippen molar-refractivity contribution in [3.8, 4) is 17.1 Å². The number of hydrogen-bond acceptors (Lipinski definition) is 6. The van der Waals surface area contributed by atoms with E-state index in [1.807, 2.05) is 65.5 Å². The molecule has 0 radical (unpaired) electrons. The van der Waals surface area contributed by atoms with Crippen LogP contribution in [0.3, 0.4) is 0 Å². The van der Waals surface area contributed by atoms with Crippen molar-refractivity contribution < 1.29 is 9.47 Å². The maximum Gasteiger partial charge on any atom is 0.238 e. The average Bonchev–Trinajstić information content (AvgIpc) is 3.55. The third kappa shape index (κ3) is 3.99. The zero-order chi connectivity index (χ0) is 23.7. The van der Waals surface area contributed by atoms with Crippen molar-refractivity contribution in [1.82, 2.24) is 24.3 Å². The molecule has 0 unspecified atom stereocenters. The number of hydrogen-bond donors (Lipinski definition) is 0. The van der Waals surface area contributed by atoms with Gasteiger partial charge in [0.05, 0.1) is 17.9 Å². The van der Waals surface area contributed by atoms with Gasteiger partial charge in [0.25, 0.3) is 0 Å². The fraction of sp³-hybridized carbons (Fsp3) is 0.280. The molecule has 174 valence electrons. The zero-order valence-corrected chi connectivity index (χ0v) is 19.9. The Bertz CT molecular complexity index is 1330. The number of benzene rings is 1. The highest BCUT2D eigenvalue weighted by atomic mass is 35.5. The van der Waals surface area contributed by atoms with Crippen LogP contribution >= 0.6 is 11.6 Å². The van der Waals surface area contributed by atoms with Gasteiger partial charge in [0.1, 0.15) is 31.3 Å². The molecule has 0 N–H and O–H groups in total. The molecule has 2 aliphatic rings. The van der Waals surface area contributed by atoms with Crippen LogP contribution in [0.4, 0.5) is 0 Å². The minimum atomic E-state index is -0.148. The third-order valence-corrected chi connectivity index (χ3v) is 6.03. The fourth-order valence-corrected chi connectivity index (χ4v) is 4.23. The summed E-state index contributed by atoms with van der Waals surface area (Å²) in [5.74, 6) is 1.98. The van der Waals surface area contributed by atoms with E-state index in [1.54, 1.807) is 6.33 Å². The number of ether oxygens (including phenoxy) is 2. The standard InChI is InChI=1S/C25H25ClN6O2/c1-4-6-7-8-16(3)19-13-34-25(28-19)23-21-12-31-22(14-33-5-2)29-30-24(31)18-11-17(26)9-10-20(18)32(21)15-27-23/h4,6-11,15,19H,3,5,12-14H2,1-2H3/b6-4-,8-7-/t19-/m0/s1. The van der Waals surface area contributed by atoms with E-state index in [-0.39, 0.29) is 6.04 Å². The summed E-state index contributed by atoms with van der Waals surface area (Å²) in [5, 5.41) is 9.48. The highest BCUT2D eigenvalue weighted by Crippen LogP contribution is 2.35. The minimum absolute atomic E-state index is 0.148. The summed E-state index contributed by atoms with van der Waals surface area (Å²) in [4.78, 5) is 9.48. The Labute approximate surface area is 202 Å². The van der Waals surface area contributed by atoms with Crippen molar-refractivity contribution in [1.29, 1.82) is 0 Å². The van der Waals surface area contributed by atoms with E-state index in [2.05, 4.69) is 16.8 Å². The van der Waals surface area contributed by atoms with Crippen molar-refractivity contribution in [2.75, 3.05) is 13.2 Å². The summed E-state index contributed by atoms with van der Waals surface area (Å²) in [5.41, 5.74) is 4.30. The first-order valence-corrected chi connectivity index (χ1v) is 11.5. The summed E-state index contributed by atoms with van der Waals surface area (Å²) in [6.45, 7) is 9.94. The molecule has 1 atom stereocenters. The summed E-state index contributed by atoms with van der Waals surface area (Å²) in [7, 11) is 0. The lowest BCUT2D eigenvalue weighted by molar-refractivity contribution is 0.125. The van der Waals surface area contributed by atoms with Gasteiger partial charge in [0.15, 0.2) is 11.6 Å². The molecule has 34 heavy (non-hydrogen) atoms. The van der Waals surface area contributed by atoms with Gasteiger partial charge in [-0.25, -0.2) is 9.98 Å². The molecule has 0 amide bonds. The summed E-state index contributed by atoms with van der Waals surface area (Å²) >= 11 is 6.35. The van der Waals surface area contributed by atoms with Crippen LogP contribution in [0.15, 0.2) is 66.0 Å². The second-order valence-corrected chi connectivity index (χ2v) is 8.39. The van der Waals surface area contributed by atoms with E-state index >= 15 is 0 Å². The lowest BCUT2D eigenvalue weighted by atomic mass is 10.1. The van der Waals surface area contributed by atoms with Crippen molar-refractivity contribution in [2.24, 2.45) is 4.99 Å². The monoisotopic (exact) mass is 476 g/mol. The number of fused-ring (bicyclic) bond motifs is 5. The van der Waals surface area contributed by atoms with Gasteiger partial charge in [-0.05, 0) is 37.6 Å². The molecule has 0 saturated heterocycles. The molecule has 2 aromatic heterocycles. The van der Waals surface area contributed by atoms with E-state index in [9.17, 15) is 0 Å². The predicted octanol–water partition coefficient (Wildman–Crippen LogP) is 4.52. The Morgan fingerprint density at radius 3 is 3.03 bits per heavy atom. The Kier molecular flexibility index (Phi) is 6.17. The average molecular weight is 477 g/mol. The number of imidazole rings is 1. The summed E-state index contributed by atoms with van der Waals surface area (Å²) in [6, 6.07) is 5.58. The molecule has 0 aliphatic carbocycles. The first-order valence-electron chi connectivity index (χ1n) is 11.2. The van der Waals surface area contributed by atoms with Gasteiger partial charge < -0.3 is 14.0 Å². The molecule has 1 aromatic carbocycles. The maximum atomic E-state index is 6.35. The highest BCUT2D eigenvalue weighted by molar-refractivity contribution is 6.31. The van der Waals surface area contributed by atoms with Gasteiger partial charge >= 0.3 is 0 Å². The summed E-state index contributed by atoms with van der Waals surface area (Å²) < 4.78 is 15.7. The number of aromatic nitrogens is 5. The fourth-order valence-electron chi connectivity index (χ4n) is 4.05. The van der Waals surface area contributed by atoms with E-state index in [4.69, 9.17) is 31.1 Å². The van der Waals surface area contributed by atoms with Crippen molar-refractivity contribution in [3.63, 3.8) is 0 Å². The third-order valence-electron chi connectivity index (χ3n) is 5.79. The molecule has 2 aliphatic heterocycles. The molecule has 3 aromatic rings. The van der Waals surface area contributed by atoms with Crippen LogP contribution in [0.25, 0.3) is 17.1 Å². The number of nitrogens with zero attached hydrogens (tertiary/aromatic N) is 6. The molecular weight excluding hydrogens is 452 g/mol. The predicted molar refractivity (Wildman–Crippen MR) is 131 cm³/mol. The van der Waals surface area contributed by atoms with Crippen molar-refractivity contribution in [2.45, 2.75) is 33.0 Å². The van der Waals surface area contributed by atoms with Crippen LogP contribution in [0.2, 0.25) is 5.02 Å². The first-order chi connectivity index (χ1) is 16.6. The van der Waals surface area contributed by atoms with Gasteiger partial charge in [-0.1, -0.05) is 42.5 Å². The molecular formula is C25H25ClN6O2. The van der Waals surface area contributed by atoms with Crippen LogP contribution in [-0.2, 0) is 22.6 Å².